The fraction of sp³-hybridized carbons (Fsp3) is 0.0769. The van der Waals surface area contributed by atoms with Crippen LogP contribution in [0.25, 0.3) is 11.1 Å². The van der Waals surface area contributed by atoms with Crippen molar-refractivity contribution < 1.29 is 22.0 Å². The van der Waals surface area contributed by atoms with Gasteiger partial charge in [0.05, 0.1) is 23.7 Å². The lowest BCUT2D eigenvalue weighted by Crippen LogP contribution is -2.06. The fourth-order valence-electron chi connectivity index (χ4n) is 1.72. The quantitative estimate of drug-likeness (QED) is 0.480. The lowest BCUT2D eigenvalue weighted by molar-refractivity contribution is 0.381. The Balaban J connectivity index is 2.81. The second kappa shape index (κ2) is 5.25. The molecule has 2 nitrogen and oxygen atoms in total. The predicted molar refractivity (Wildman–Crippen MR) is 58.8 cm³/mol. The van der Waals surface area contributed by atoms with Crippen LogP contribution in [0, 0.1) is 40.4 Å². The first kappa shape index (κ1) is 13.9. The van der Waals surface area contributed by atoms with Gasteiger partial charge in [-0.1, -0.05) is 6.07 Å². The van der Waals surface area contributed by atoms with Crippen LogP contribution in [0.15, 0.2) is 18.3 Å². The second-order valence-electron chi connectivity index (χ2n) is 3.78. The van der Waals surface area contributed by atoms with Gasteiger partial charge >= 0.3 is 0 Å². The standard InChI is InChI=1S/C13H5F5N2/c14-9-8(10(15)12(17)13(18)11(9)16)6-2-1-5-20-7(6)3-4-19/h1-2,5H,3H2. The van der Waals surface area contributed by atoms with Gasteiger partial charge in [-0.15, -0.1) is 0 Å². The molecule has 0 saturated heterocycles. The van der Waals surface area contributed by atoms with Crippen molar-refractivity contribution in [3.63, 3.8) is 0 Å². The number of aromatic nitrogens is 1. The third kappa shape index (κ3) is 2.09. The van der Waals surface area contributed by atoms with Crippen molar-refractivity contribution in [2.24, 2.45) is 0 Å². The predicted octanol–water partition coefficient (Wildman–Crippen LogP) is 3.51. The average molecular weight is 284 g/mol. The lowest BCUT2D eigenvalue weighted by atomic mass is 10.0. The van der Waals surface area contributed by atoms with Gasteiger partial charge in [-0.3, -0.25) is 4.98 Å². The van der Waals surface area contributed by atoms with Crippen LogP contribution in [0.4, 0.5) is 22.0 Å². The van der Waals surface area contributed by atoms with E-state index in [0.29, 0.717) is 0 Å². The molecule has 0 atom stereocenters. The Morgan fingerprint density at radius 1 is 0.950 bits per heavy atom. The Kier molecular flexibility index (Phi) is 3.66. The van der Waals surface area contributed by atoms with Gasteiger partial charge in [0.15, 0.2) is 23.3 Å². The van der Waals surface area contributed by atoms with Gasteiger partial charge < -0.3 is 0 Å². The van der Waals surface area contributed by atoms with E-state index < -0.39 is 34.6 Å². The van der Waals surface area contributed by atoms with Crippen molar-refractivity contribution in [1.82, 2.24) is 4.98 Å². The average Bonchev–Trinajstić information content (AvgIpc) is 2.45. The topological polar surface area (TPSA) is 36.7 Å². The fourth-order valence-corrected chi connectivity index (χ4v) is 1.72. The maximum Gasteiger partial charge on any atom is 0.200 e. The van der Waals surface area contributed by atoms with Crippen molar-refractivity contribution in [3.05, 3.63) is 53.1 Å². The summed E-state index contributed by atoms with van der Waals surface area (Å²) in [7, 11) is 0. The Morgan fingerprint density at radius 3 is 2.05 bits per heavy atom. The third-order valence-electron chi connectivity index (χ3n) is 2.62. The molecule has 2 rings (SSSR count). The maximum atomic E-state index is 13.7. The van der Waals surface area contributed by atoms with Gasteiger partial charge in [-0.2, -0.15) is 5.26 Å². The molecule has 0 N–H and O–H groups in total. The van der Waals surface area contributed by atoms with Gasteiger partial charge in [0.2, 0.25) is 5.82 Å². The van der Waals surface area contributed by atoms with E-state index in [0.717, 1.165) is 6.07 Å². The van der Waals surface area contributed by atoms with Crippen LogP contribution in [0.1, 0.15) is 5.69 Å². The summed E-state index contributed by atoms with van der Waals surface area (Å²) in [6, 6.07) is 4.11. The molecule has 0 unspecified atom stereocenters. The molecule has 0 aliphatic rings. The van der Waals surface area contributed by atoms with Crippen LogP contribution in [-0.4, -0.2) is 4.98 Å². The van der Waals surface area contributed by atoms with E-state index in [-0.39, 0.29) is 17.7 Å². The summed E-state index contributed by atoms with van der Waals surface area (Å²) in [6.07, 6.45) is 0.928. The summed E-state index contributed by atoms with van der Waals surface area (Å²) in [4.78, 5) is 3.71. The Hall–Kier alpha value is -2.49. The monoisotopic (exact) mass is 284 g/mol. The van der Waals surface area contributed by atoms with Gasteiger partial charge in [-0.25, -0.2) is 22.0 Å². The van der Waals surface area contributed by atoms with Crippen LogP contribution < -0.4 is 0 Å². The van der Waals surface area contributed by atoms with Crippen LogP contribution in [-0.2, 0) is 6.42 Å². The number of rotatable bonds is 2. The molecule has 1 heterocycles. The minimum Gasteiger partial charge on any atom is -0.260 e. The molecule has 0 aliphatic heterocycles. The Labute approximate surface area is 110 Å². The van der Waals surface area contributed by atoms with Gasteiger partial charge in [0, 0.05) is 11.8 Å². The zero-order chi connectivity index (χ0) is 14.9. The van der Waals surface area contributed by atoms with Crippen LogP contribution in [0.5, 0.6) is 0 Å². The number of halogens is 5. The van der Waals surface area contributed by atoms with Crippen molar-refractivity contribution in [1.29, 1.82) is 5.26 Å². The maximum absolute atomic E-state index is 13.7. The molecule has 1 aromatic heterocycles. The minimum absolute atomic E-state index is 0.0711. The van der Waals surface area contributed by atoms with E-state index in [1.165, 1.54) is 12.3 Å². The highest BCUT2D eigenvalue weighted by atomic mass is 19.2. The molecule has 1 aromatic carbocycles. The molecular weight excluding hydrogens is 279 g/mol. The summed E-state index contributed by atoms with van der Waals surface area (Å²) in [5.74, 6) is -10.2. The molecule has 20 heavy (non-hydrogen) atoms. The van der Waals surface area contributed by atoms with E-state index in [4.69, 9.17) is 5.26 Å². The van der Waals surface area contributed by atoms with Crippen LogP contribution in [0.2, 0.25) is 0 Å². The smallest absolute Gasteiger partial charge is 0.200 e. The highest BCUT2D eigenvalue weighted by Crippen LogP contribution is 2.32. The van der Waals surface area contributed by atoms with E-state index >= 15 is 0 Å². The minimum atomic E-state index is -2.23. The largest absolute Gasteiger partial charge is 0.260 e. The van der Waals surface area contributed by atoms with Gasteiger partial charge in [0.25, 0.3) is 0 Å². The van der Waals surface area contributed by atoms with E-state index in [1.54, 1.807) is 6.07 Å². The molecule has 0 fully saturated rings. The molecule has 0 aliphatic carbocycles. The normalized spacial score (nSPS) is 10.4. The number of hydrogen-bond acceptors (Lipinski definition) is 2. The zero-order valence-corrected chi connectivity index (χ0v) is 9.72. The molecule has 0 radical (unpaired) electrons. The lowest BCUT2D eigenvalue weighted by Gasteiger charge is -2.10. The van der Waals surface area contributed by atoms with Gasteiger partial charge in [-0.05, 0) is 6.07 Å². The Bertz CT molecular complexity index is 692. The number of hydrogen-bond donors (Lipinski definition) is 0. The first-order valence-electron chi connectivity index (χ1n) is 5.31. The number of nitrogens with zero attached hydrogens (tertiary/aromatic N) is 2. The first-order chi connectivity index (χ1) is 9.49. The van der Waals surface area contributed by atoms with Crippen molar-refractivity contribution in [3.8, 4) is 17.2 Å². The van der Waals surface area contributed by atoms with Crippen molar-refractivity contribution >= 4 is 0 Å². The molecule has 2 aromatic rings. The SMILES string of the molecule is N#CCc1ncccc1-c1c(F)c(F)c(F)c(F)c1F. The molecule has 0 bridgehead atoms. The van der Waals surface area contributed by atoms with Crippen LogP contribution in [0.3, 0.4) is 0 Å². The highest BCUT2D eigenvalue weighted by Gasteiger charge is 2.27. The molecular formula is C13H5F5N2. The summed E-state index contributed by atoms with van der Waals surface area (Å²) in [6.45, 7) is 0. The van der Waals surface area contributed by atoms with E-state index in [1.807, 2.05) is 0 Å². The number of benzene rings is 1. The van der Waals surface area contributed by atoms with E-state index in [2.05, 4.69) is 4.98 Å². The first-order valence-corrected chi connectivity index (χ1v) is 5.31. The van der Waals surface area contributed by atoms with Crippen LogP contribution >= 0.6 is 0 Å². The van der Waals surface area contributed by atoms with Crippen molar-refractivity contribution in [2.75, 3.05) is 0 Å². The summed E-state index contributed by atoms with van der Waals surface area (Å²) >= 11 is 0. The highest BCUT2D eigenvalue weighted by molar-refractivity contribution is 5.68. The summed E-state index contributed by atoms with van der Waals surface area (Å²) in [5, 5.41) is 8.60. The van der Waals surface area contributed by atoms with Crippen molar-refractivity contribution in [2.45, 2.75) is 6.42 Å². The Morgan fingerprint density at radius 2 is 1.50 bits per heavy atom. The zero-order valence-electron chi connectivity index (χ0n) is 9.72. The molecule has 102 valence electrons. The molecule has 0 spiro atoms. The number of nitriles is 1. The summed E-state index contributed by atoms with van der Waals surface area (Å²) < 4.78 is 66.6. The third-order valence-corrected chi connectivity index (χ3v) is 2.62. The number of pyridine rings is 1. The van der Waals surface area contributed by atoms with E-state index in [9.17, 15) is 22.0 Å². The summed E-state index contributed by atoms with van der Waals surface area (Å²) in [5.41, 5.74) is -1.46. The van der Waals surface area contributed by atoms with Gasteiger partial charge in [0.1, 0.15) is 0 Å². The molecule has 7 heteroatoms. The molecule has 0 saturated carbocycles. The molecule has 0 amide bonds. The second-order valence-corrected chi connectivity index (χ2v) is 3.78.